The third-order valence-corrected chi connectivity index (χ3v) is 3.82. The summed E-state index contributed by atoms with van der Waals surface area (Å²) >= 11 is 0. The molecule has 1 aliphatic heterocycles. The Morgan fingerprint density at radius 3 is 2.76 bits per heavy atom. The monoisotopic (exact) mass is 234 g/mol. The minimum atomic E-state index is -0.335. The molecule has 2 aliphatic rings. The fourth-order valence-electron chi connectivity index (χ4n) is 2.86. The van der Waals surface area contributed by atoms with E-state index in [1.165, 1.54) is 0 Å². The Balaban J connectivity index is 1.80. The van der Waals surface area contributed by atoms with E-state index in [9.17, 15) is 5.11 Å². The molecule has 1 aromatic rings. The lowest BCUT2D eigenvalue weighted by molar-refractivity contribution is -0.0973. The van der Waals surface area contributed by atoms with Gasteiger partial charge in [-0.3, -0.25) is 0 Å². The van der Waals surface area contributed by atoms with Gasteiger partial charge in [0.1, 0.15) is 0 Å². The first kappa shape index (κ1) is 11.2. The Morgan fingerprint density at radius 1 is 1.24 bits per heavy atom. The highest BCUT2D eigenvalue weighted by Crippen LogP contribution is 2.45. The minimum absolute atomic E-state index is 0.108. The van der Waals surface area contributed by atoms with E-state index in [-0.39, 0.29) is 24.1 Å². The van der Waals surface area contributed by atoms with Gasteiger partial charge in [-0.05, 0) is 19.8 Å². The van der Waals surface area contributed by atoms with Crippen LogP contribution in [0.4, 0.5) is 0 Å². The van der Waals surface area contributed by atoms with Crippen LogP contribution in [-0.2, 0) is 9.47 Å². The van der Waals surface area contributed by atoms with Crippen LogP contribution in [0.25, 0.3) is 0 Å². The minimum Gasteiger partial charge on any atom is -0.393 e. The highest BCUT2D eigenvalue weighted by molar-refractivity contribution is 5.17. The summed E-state index contributed by atoms with van der Waals surface area (Å²) in [5.41, 5.74) is 0.718. The van der Waals surface area contributed by atoms with E-state index >= 15 is 0 Å². The predicted molar refractivity (Wildman–Crippen MR) is 63.4 cm³/mol. The van der Waals surface area contributed by atoms with Gasteiger partial charge in [0.05, 0.1) is 17.8 Å². The molecule has 3 heteroatoms. The van der Waals surface area contributed by atoms with Crippen molar-refractivity contribution in [2.45, 2.75) is 50.3 Å². The molecule has 0 amide bonds. The SMILES string of the molecule is CC12CC(O)CCC1OC(c1ccccc1)O2. The zero-order valence-corrected chi connectivity index (χ0v) is 10.0. The highest BCUT2D eigenvalue weighted by Gasteiger charge is 2.49. The molecule has 0 bridgehead atoms. The van der Waals surface area contributed by atoms with Gasteiger partial charge in [-0.15, -0.1) is 0 Å². The van der Waals surface area contributed by atoms with Gasteiger partial charge in [-0.2, -0.15) is 0 Å². The van der Waals surface area contributed by atoms with E-state index in [0.717, 1.165) is 18.4 Å². The zero-order chi connectivity index (χ0) is 11.9. The molecule has 0 aromatic heterocycles. The molecule has 1 N–H and O–H groups in total. The maximum Gasteiger partial charge on any atom is 0.185 e. The first-order chi connectivity index (χ1) is 8.17. The van der Waals surface area contributed by atoms with Gasteiger partial charge in [0, 0.05) is 12.0 Å². The van der Waals surface area contributed by atoms with E-state index in [4.69, 9.17) is 9.47 Å². The third-order valence-electron chi connectivity index (χ3n) is 3.82. The van der Waals surface area contributed by atoms with Crippen molar-refractivity contribution >= 4 is 0 Å². The zero-order valence-electron chi connectivity index (χ0n) is 10.0. The Hall–Kier alpha value is -0.900. The molecule has 0 spiro atoms. The molecule has 1 heterocycles. The van der Waals surface area contributed by atoms with Crippen LogP contribution in [0.2, 0.25) is 0 Å². The molecule has 1 saturated heterocycles. The van der Waals surface area contributed by atoms with Gasteiger partial charge in [-0.1, -0.05) is 30.3 Å². The average molecular weight is 234 g/mol. The van der Waals surface area contributed by atoms with Crippen molar-refractivity contribution in [2.24, 2.45) is 0 Å². The average Bonchev–Trinajstić information content (AvgIpc) is 2.66. The maximum atomic E-state index is 9.74. The lowest BCUT2D eigenvalue weighted by atomic mass is 9.82. The van der Waals surface area contributed by atoms with Crippen molar-refractivity contribution in [3.63, 3.8) is 0 Å². The van der Waals surface area contributed by atoms with Crippen molar-refractivity contribution in [3.05, 3.63) is 35.9 Å². The number of hydrogen-bond donors (Lipinski definition) is 1. The van der Waals surface area contributed by atoms with Crippen LogP contribution in [0.15, 0.2) is 30.3 Å². The van der Waals surface area contributed by atoms with E-state index < -0.39 is 0 Å². The summed E-state index contributed by atoms with van der Waals surface area (Å²) < 4.78 is 12.0. The van der Waals surface area contributed by atoms with Gasteiger partial charge in [0.2, 0.25) is 0 Å². The molecular formula is C14H18O3. The molecular weight excluding hydrogens is 216 g/mol. The smallest absolute Gasteiger partial charge is 0.185 e. The van der Waals surface area contributed by atoms with Crippen molar-refractivity contribution in [1.29, 1.82) is 0 Å². The largest absolute Gasteiger partial charge is 0.393 e. The fourth-order valence-corrected chi connectivity index (χ4v) is 2.86. The topological polar surface area (TPSA) is 38.7 Å². The molecule has 92 valence electrons. The van der Waals surface area contributed by atoms with Crippen molar-refractivity contribution in [2.75, 3.05) is 0 Å². The van der Waals surface area contributed by atoms with Crippen LogP contribution in [0.3, 0.4) is 0 Å². The number of fused-ring (bicyclic) bond motifs is 1. The number of aliphatic hydroxyl groups is 1. The highest BCUT2D eigenvalue weighted by atomic mass is 16.7. The van der Waals surface area contributed by atoms with Crippen LogP contribution in [0.1, 0.15) is 38.0 Å². The van der Waals surface area contributed by atoms with Gasteiger partial charge < -0.3 is 14.6 Å². The van der Waals surface area contributed by atoms with Gasteiger partial charge in [0.15, 0.2) is 6.29 Å². The molecule has 2 fully saturated rings. The van der Waals surface area contributed by atoms with E-state index in [2.05, 4.69) is 0 Å². The maximum absolute atomic E-state index is 9.74. The van der Waals surface area contributed by atoms with Crippen molar-refractivity contribution < 1.29 is 14.6 Å². The Labute approximate surface area is 101 Å². The standard InChI is InChI=1S/C14H18O3/c1-14-9-11(15)7-8-12(14)16-13(17-14)10-5-3-2-4-6-10/h2-6,11-13,15H,7-9H2,1H3. The van der Waals surface area contributed by atoms with Crippen molar-refractivity contribution in [3.8, 4) is 0 Å². The Kier molecular flexibility index (Phi) is 2.69. The van der Waals surface area contributed by atoms with Gasteiger partial charge in [-0.25, -0.2) is 0 Å². The summed E-state index contributed by atoms with van der Waals surface area (Å²) in [6.07, 6.45) is 1.93. The van der Waals surface area contributed by atoms with Crippen LogP contribution in [0.5, 0.6) is 0 Å². The molecule has 1 saturated carbocycles. The third kappa shape index (κ3) is 1.99. The summed E-state index contributed by atoms with van der Waals surface area (Å²) in [5.74, 6) is 0. The lowest BCUT2D eigenvalue weighted by Gasteiger charge is -2.35. The number of rotatable bonds is 1. The molecule has 4 atom stereocenters. The first-order valence-electron chi connectivity index (χ1n) is 6.24. The molecule has 3 nitrogen and oxygen atoms in total. The molecule has 1 aliphatic carbocycles. The quantitative estimate of drug-likeness (QED) is 0.811. The summed E-state index contributed by atoms with van der Waals surface area (Å²) in [7, 11) is 0. The van der Waals surface area contributed by atoms with Gasteiger partial charge >= 0.3 is 0 Å². The number of hydrogen-bond acceptors (Lipinski definition) is 3. The molecule has 17 heavy (non-hydrogen) atoms. The van der Waals surface area contributed by atoms with Gasteiger partial charge in [0.25, 0.3) is 0 Å². The Bertz CT molecular complexity index is 392. The number of aliphatic hydroxyl groups excluding tert-OH is 1. The number of ether oxygens (including phenoxy) is 2. The van der Waals surface area contributed by atoms with E-state index in [1.54, 1.807) is 0 Å². The molecule has 3 rings (SSSR count). The summed E-state index contributed by atoms with van der Waals surface area (Å²) in [4.78, 5) is 0. The summed E-state index contributed by atoms with van der Waals surface area (Å²) in [6, 6.07) is 9.99. The van der Waals surface area contributed by atoms with E-state index in [1.807, 2.05) is 37.3 Å². The van der Waals surface area contributed by atoms with Crippen LogP contribution in [-0.4, -0.2) is 22.9 Å². The molecule has 1 aromatic carbocycles. The fraction of sp³-hybridized carbons (Fsp3) is 0.571. The normalized spacial score (nSPS) is 41.2. The second kappa shape index (κ2) is 4.09. The second-order valence-corrected chi connectivity index (χ2v) is 5.23. The summed E-state index contributed by atoms with van der Waals surface area (Å²) in [6.45, 7) is 2.04. The number of benzene rings is 1. The summed E-state index contributed by atoms with van der Waals surface area (Å²) in [5, 5.41) is 9.74. The van der Waals surface area contributed by atoms with Crippen LogP contribution in [0, 0.1) is 0 Å². The molecule has 4 unspecified atom stereocenters. The predicted octanol–water partition coefficient (Wildman–Crippen LogP) is 2.40. The Morgan fingerprint density at radius 2 is 2.00 bits per heavy atom. The van der Waals surface area contributed by atoms with E-state index in [0.29, 0.717) is 6.42 Å². The van der Waals surface area contributed by atoms with Crippen LogP contribution < -0.4 is 0 Å². The molecule has 0 radical (unpaired) electrons. The van der Waals surface area contributed by atoms with Crippen molar-refractivity contribution in [1.82, 2.24) is 0 Å². The first-order valence-corrected chi connectivity index (χ1v) is 6.24. The van der Waals surface area contributed by atoms with Crippen LogP contribution >= 0.6 is 0 Å². The lowest BCUT2D eigenvalue weighted by Crippen LogP contribution is -2.44. The second-order valence-electron chi connectivity index (χ2n) is 5.23.